The van der Waals surface area contributed by atoms with Crippen LogP contribution in [0.4, 0.5) is 18.9 Å². The monoisotopic (exact) mass is 434 g/mol. The smallest absolute Gasteiger partial charge is 0.417 e. The summed E-state index contributed by atoms with van der Waals surface area (Å²) in [6.45, 7) is 0.768. The maximum atomic E-state index is 13.3. The second-order valence-corrected chi connectivity index (χ2v) is 8.54. The highest BCUT2D eigenvalue weighted by molar-refractivity contribution is 7.89. The van der Waals surface area contributed by atoms with Gasteiger partial charge in [0.05, 0.1) is 23.3 Å². The van der Waals surface area contributed by atoms with Gasteiger partial charge in [0.2, 0.25) is 10.0 Å². The summed E-state index contributed by atoms with van der Waals surface area (Å²) in [5.74, 6) is 0.649. The van der Waals surface area contributed by atoms with Crippen molar-refractivity contribution in [2.45, 2.75) is 11.1 Å². The molecule has 0 unspecified atom stereocenters. The van der Waals surface area contributed by atoms with Crippen molar-refractivity contribution in [1.82, 2.24) is 4.31 Å². The van der Waals surface area contributed by atoms with E-state index in [1.165, 1.54) is 0 Å². The number of alkyl halides is 3. The molecule has 1 heterocycles. The predicted octanol–water partition coefficient (Wildman–Crippen LogP) is 3.88. The first kappa shape index (κ1) is 20.8. The van der Waals surface area contributed by atoms with E-state index in [1.54, 1.807) is 13.2 Å². The third-order valence-corrected chi connectivity index (χ3v) is 6.72. The van der Waals surface area contributed by atoms with Crippen LogP contribution in [0, 0.1) is 0 Å². The van der Waals surface area contributed by atoms with Crippen LogP contribution in [0.2, 0.25) is 5.02 Å². The van der Waals surface area contributed by atoms with Crippen molar-refractivity contribution in [3.05, 3.63) is 53.1 Å². The number of benzene rings is 2. The standard InChI is InChI=1S/C18H18ClF3N2O3S/c1-27-16-5-3-2-4-15(16)23-8-10-24(11-9-23)28(25,26)17-7-6-13(19)12-14(17)18(20,21)22/h2-7,12H,8-11H2,1H3. The van der Waals surface area contributed by atoms with Crippen molar-refractivity contribution >= 4 is 27.3 Å². The number of nitrogens with zero attached hydrogens (tertiary/aromatic N) is 2. The fourth-order valence-electron chi connectivity index (χ4n) is 3.15. The van der Waals surface area contributed by atoms with E-state index in [4.69, 9.17) is 16.3 Å². The highest BCUT2D eigenvalue weighted by atomic mass is 35.5. The molecule has 1 fully saturated rings. The second kappa shape index (κ2) is 7.81. The van der Waals surface area contributed by atoms with Crippen molar-refractivity contribution in [3.8, 4) is 5.75 Å². The minimum Gasteiger partial charge on any atom is -0.495 e. The van der Waals surface area contributed by atoms with E-state index in [0.29, 0.717) is 24.9 Å². The van der Waals surface area contributed by atoms with Crippen LogP contribution in [-0.2, 0) is 16.2 Å². The zero-order valence-corrected chi connectivity index (χ0v) is 16.5. The normalized spacial score (nSPS) is 16.2. The number of anilines is 1. The molecule has 28 heavy (non-hydrogen) atoms. The molecule has 0 N–H and O–H groups in total. The molecule has 0 radical (unpaired) electrons. The van der Waals surface area contributed by atoms with Gasteiger partial charge < -0.3 is 9.64 Å². The first-order valence-electron chi connectivity index (χ1n) is 8.39. The van der Waals surface area contributed by atoms with Crippen molar-refractivity contribution in [1.29, 1.82) is 0 Å². The Balaban J connectivity index is 1.85. The summed E-state index contributed by atoms with van der Waals surface area (Å²) in [5.41, 5.74) is -0.448. The maximum Gasteiger partial charge on any atom is 0.417 e. The Morgan fingerprint density at radius 2 is 1.68 bits per heavy atom. The Hall–Kier alpha value is -1.97. The summed E-state index contributed by atoms with van der Waals surface area (Å²) in [7, 11) is -2.78. The maximum absolute atomic E-state index is 13.3. The average Bonchev–Trinajstić information content (AvgIpc) is 2.67. The SMILES string of the molecule is COc1ccccc1N1CCN(S(=O)(=O)c2ccc(Cl)cc2C(F)(F)F)CC1. The van der Waals surface area contributed by atoms with Gasteiger partial charge in [-0.15, -0.1) is 0 Å². The molecule has 1 aliphatic heterocycles. The Labute approximate surface area is 166 Å². The summed E-state index contributed by atoms with van der Waals surface area (Å²) in [6.07, 6.45) is -4.83. The van der Waals surface area contributed by atoms with Crippen LogP contribution in [0.25, 0.3) is 0 Å². The Kier molecular flexibility index (Phi) is 5.79. The summed E-state index contributed by atoms with van der Waals surface area (Å²) in [4.78, 5) is 1.16. The number of hydrogen-bond acceptors (Lipinski definition) is 4. The van der Waals surface area contributed by atoms with Crippen molar-refractivity contribution < 1.29 is 26.3 Å². The zero-order valence-electron chi connectivity index (χ0n) is 14.9. The van der Waals surface area contributed by atoms with Gasteiger partial charge in [-0.2, -0.15) is 17.5 Å². The average molecular weight is 435 g/mol. The number of halogens is 4. The highest BCUT2D eigenvalue weighted by Crippen LogP contribution is 2.37. The van der Waals surface area contributed by atoms with E-state index in [9.17, 15) is 21.6 Å². The van der Waals surface area contributed by atoms with Gasteiger partial charge in [-0.1, -0.05) is 23.7 Å². The van der Waals surface area contributed by atoms with Gasteiger partial charge in [0.15, 0.2) is 0 Å². The van der Waals surface area contributed by atoms with E-state index in [-0.39, 0.29) is 18.1 Å². The fraction of sp³-hybridized carbons (Fsp3) is 0.333. The minimum atomic E-state index is -4.83. The number of rotatable bonds is 4. The van der Waals surface area contributed by atoms with Crippen molar-refractivity contribution in [3.63, 3.8) is 0 Å². The number of methoxy groups -OCH3 is 1. The van der Waals surface area contributed by atoms with Gasteiger partial charge in [-0.05, 0) is 30.3 Å². The van der Waals surface area contributed by atoms with Gasteiger partial charge in [0, 0.05) is 31.2 Å². The first-order chi connectivity index (χ1) is 13.1. The number of sulfonamides is 1. The molecule has 0 aliphatic carbocycles. The lowest BCUT2D eigenvalue weighted by molar-refractivity contribution is -0.139. The Morgan fingerprint density at radius 1 is 1.04 bits per heavy atom. The third kappa shape index (κ3) is 4.06. The number of piperazine rings is 1. The van der Waals surface area contributed by atoms with E-state index in [0.717, 1.165) is 22.1 Å². The lowest BCUT2D eigenvalue weighted by Crippen LogP contribution is -2.49. The molecule has 2 aromatic rings. The molecule has 0 saturated carbocycles. The van der Waals surface area contributed by atoms with Gasteiger partial charge in [-0.3, -0.25) is 0 Å². The highest BCUT2D eigenvalue weighted by Gasteiger charge is 2.40. The largest absolute Gasteiger partial charge is 0.495 e. The van der Waals surface area contributed by atoms with Crippen molar-refractivity contribution in [2.75, 3.05) is 38.2 Å². The fourth-order valence-corrected chi connectivity index (χ4v) is 4.93. The molecule has 0 atom stereocenters. The molecular weight excluding hydrogens is 417 g/mol. The van der Waals surface area contributed by atoms with Gasteiger partial charge in [-0.25, -0.2) is 8.42 Å². The zero-order chi connectivity index (χ0) is 20.5. The van der Waals surface area contributed by atoms with Crippen LogP contribution in [0.5, 0.6) is 5.75 Å². The molecular formula is C18H18ClF3N2O3S. The summed E-state index contributed by atoms with van der Waals surface area (Å²) < 4.78 is 72.1. The van der Waals surface area contributed by atoms with E-state index in [2.05, 4.69) is 0 Å². The summed E-state index contributed by atoms with van der Waals surface area (Å²) in [5, 5.41) is -0.174. The van der Waals surface area contributed by atoms with Crippen LogP contribution in [0.1, 0.15) is 5.56 Å². The molecule has 0 spiro atoms. The molecule has 10 heteroatoms. The van der Waals surface area contributed by atoms with E-state index >= 15 is 0 Å². The molecule has 152 valence electrons. The Morgan fingerprint density at radius 3 is 2.29 bits per heavy atom. The lowest BCUT2D eigenvalue weighted by Gasteiger charge is -2.36. The minimum absolute atomic E-state index is 0.0559. The number of para-hydroxylation sites is 2. The molecule has 5 nitrogen and oxygen atoms in total. The summed E-state index contributed by atoms with van der Waals surface area (Å²) in [6, 6.07) is 10.00. The summed E-state index contributed by atoms with van der Waals surface area (Å²) >= 11 is 5.65. The number of ether oxygens (including phenoxy) is 1. The van der Waals surface area contributed by atoms with Crippen LogP contribution in [0.3, 0.4) is 0 Å². The molecule has 1 saturated heterocycles. The number of hydrogen-bond donors (Lipinski definition) is 0. The van der Waals surface area contributed by atoms with Crippen molar-refractivity contribution in [2.24, 2.45) is 0 Å². The van der Waals surface area contributed by atoms with Crippen LogP contribution < -0.4 is 9.64 Å². The molecule has 0 aromatic heterocycles. The van der Waals surface area contributed by atoms with Crippen LogP contribution in [-0.4, -0.2) is 46.0 Å². The van der Waals surface area contributed by atoms with Gasteiger partial charge in [0.1, 0.15) is 5.75 Å². The predicted molar refractivity (Wildman–Crippen MR) is 100 cm³/mol. The van der Waals surface area contributed by atoms with Gasteiger partial charge >= 0.3 is 6.18 Å². The second-order valence-electron chi connectivity index (χ2n) is 6.20. The first-order valence-corrected chi connectivity index (χ1v) is 10.2. The van der Waals surface area contributed by atoms with E-state index < -0.39 is 26.7 Å². The lowest BCUT2D eigenvalue weighted by atomic mass is 10.2. The van der Waals surface area contributed by atoms with Gasteiger partial charge in [0.25, 0.3) is 0 Å². The van der Waals surface area contributed by atoms with Crippen LogP contribution >= 0.6 is 11.6 Å². The molecule has 2 aromatic carbocycles. The van der Waals surface area contributed by atoms with Crippen LogP contribution in [0.15, 0.2) is 47.4 Å². The topological polar surface area (TPSA) is 49.9 Å². The molecule has 1 aliphatic rings. The quantitative estimate of drug-likeness (QED) is 0.732. The molecule has 0 bridgehead atoms. The molecule has 0 amide bonds. The molecule has 3 rings (SSSR count). The van der Waals surface area contributed by atoms with E-state index in [1.807, 2.05) is 23.1 Å². The third-order valence-electron chi connectivity index (χ3n) is 4.53. The Bertz CT molecular complexity index is 959.